The van der Waals surface area contributed by atoms with Crippen molar-refractivity contribution in [2.45, 2.75) is 31.7 Å². The van der Waals surface area contributed by atoms with Gasteiger partial charge in [-0.1, -0.05) is 25.4 Å². The summed E-state index contributed by atoms with van der Waals surface area (Å²) in [5.74, 6) is 1.47. The van der Waals surface area contributed by atoms with E-state index in [0.29, 0.717) is 12.0 Å². The molecule has 1 aliphatic heterocycles. The number of aliphatic imine (C=N–C) groups is 1. The van der Waals surface area contributed by atoms with Crippen LogP contribution in [-0.2, 0) is 0 Å². The third-order valence-corrected chi connectivity index (χ3v) is 4.24. The van der Waals surface area contributed by atoms with Crippen molar-refractivity contribution in [2.24, 2.45) is 10.9 Å². The fourth-order valence-electron chi connectivity index (χ4n) is 1.52. The minimum Gasteiger partial charge on any atom is -0.353 e. The van der Waals surface area contributed by atoms with E-state index in [1.165, 1.54) is 0 Å². The molecule has 5 heteroatoms. The van der Waals surface area contributed by atoms with Gasteiger partial charge >= 0.3 is 0 Å². The first-order valence-electron chi connectivity index (χ1n) is 6.04. The number of nitrogens with zero attached hydrogens (tertiary/aromatic N) is 2. The van der Waals surface area contributed by atoms with Crippen LogP contribution < -0.4 is 5.32 Å². The van der Waals surface area contributed by atoms with Gasteiger partial charge in [0, 0.05) is 18.1 Å². The van der Waals surface area contributed by atoms with Crippen LogP contribution in [0.2, 0.25) is 5.02 Å². The quantitative estimate of drug-likeness (QED) is 0.834. The monoisotopic (exact) mass is 283 g/mol. The van der Waals surface area contributed by atoms with Crippen molar-refractivity contribution in [3.05, 3.63) is 23.2 Å². The van der Waals surface area contributed by atoms with Crippen molar-refractivity contribution in [3.8, 4) is 0 Å². The lowest BCUT2D eigenvalue weighted by molar-refractivity contribution is 0.475. The molecule has 0 saturated heterocycles. The van der Waals surface area contributed by atoms with Crippen molar-refractivity contribution < 1.29 is 0 Å². The highest BCUT2D eigenvalue weighted by Gasteiger charge is 2.20. The van der Waals surface area contributed by atoms with E-state index in [1.54, 1.807) is 11.9 Å². The summed E-state index contributed by atoms with van der Waals surface area (Å²) >= 11 is 7.63. The lowest BCUT2D eigenvalue weighted by atomic mass is 10.1. The fourth-order valence-corrected chi connectivity index (χ4v) is 2.62. The largest absolute Gasteiger partial charge is 0.353 e. The molecule has 0 fully saturated rings. The molecule has 0 spiro atoms. The van der Waals surface area contributed by atoms with Gasteiger partial charge in [-0.3, -0.25) is 4.31 Å². The van der Waals surface area contributed by atoms with Gasteiger partial charge in [0.2, 0.25) is 5.96 Å². The highest BCUT2D eigenvalue weighted by atomic mass is 35.5. The predicted molar refractivity (Wildman–Crippen MR) is 79.6 cm³/mol. The fraction of sp³-hybridized carbons (Fsp3) is 0.462. The Morgan fingerprint density at radius 3 is 2.72 bits per heavy atom. The minimum absolute atomic E-state index is 0.389. The van der Waals surface area contributed by atoms with E-state index in [-0.39, 0.29) is 0 Å². The molecule has 1 heterocycles. The van der Waals surface area contributed by atoms with Gasteiger partial charge in [0.1, 0.15) is 0 Å². The second-order valence-corrected chi connectivity index (χ2v) is 6.42. The Bertz CT molecular complexity index is 473. The van der Waals surface area contributed by atoms with Crippen molar-refractivity contribution in [2.75, 3.05) is 7.05 Å². The molecule has 0 radical (unpaired) electrons. The third-order valence-electron chi connectivity index (χ3n) is 3.04. The summed E-state index contributed by atoms with van der Waals surface area (Å²) in [6.07, 6.45) is 0. The van der Waals surface area contributed by atoms with Gasteiger partial charge in [-0.05, 0) is 43.0 Å². The smallest absolute Gasteiger partial charge is 0.209 e. The molecule has 18 heavy (non-hydrogen) atoms. The predicted octanol–water partition coefficient (Wildman–Crippen LogP) is 3.91. The highest BCUT2D eigenvalue weighted by Crippen LogP contribution is 2.37. The maximum absolute atomic E-state index is 5.99. The molecule has 0 bridgehead atoms. The molecule has 0 aliphatic carbocycles. The van der Waals surface area contributed by atoms with Gasteiger partial charge < -0.3 is 5.32 Å². The van der Waals surface area contributed by atoms with Gasteiger partial charge in [0.15, 0.2) is 0 Å². The summed E-state index contributed by atoms with van der Waals surface area (Å²) in [5, 5.41) is 4.19. The van der Waals surface area contributed by atoms with Gasteiger partial charge in [-0.15, -0.1) is 0 Å². The molecule has 0 aromatic heterocycles. The van der Waals surface area contributed by atoms with Crippen molar-refractivity contribution in [1.29, 1.82) is 0 Å². The molecule has 1 aliphatic rings. The first kappa shape index (κ1) is 13.6. The molecule has 3 nitrogen and oxygen atoms in total. The molecular weight excluding hydrogens is 266 g/mol. The summed E-state index contributed by atoms with van der Waals surface area (Å²) in [6, 6.07) is 6.17. The maximum Gasteiger partial charge on any atom is 0.209 e. The van der Waals surface area contributed by atoms with E-state index in [1.807, 2.05) is 29.6 Å². The van der Waals surface area contributed by atoms with Crippen LogP contribution in [0, 0.1) is 5.92 Å². The van der Waals surface area contributed by atoms with Crippen molar-refractivity contribution >= 4 is 35.2 Å². The molecule has 1 atom stereocenters. The Kier molecular flexibility index (Phi) is 4.07. The Labute approximate surface area is 118 Å². The molecule has 1 aromatic carbocycles. The SMILES string of the molecule is CC(C)C(C)NC1=Nc2ccc(Cl)cc2SN1C. The molecule has 1 N–H and O–H groups in total. The average molecular weight is 284 g/mol. The van der Waals surface area contributed by atoms with Crippen molar-refractivity contribution in [3.63, 3.8) is 0 Å². The molecule has 0 saturated carbocycles. The second-order valence-electron chi connectivity index (χ2n) is 4.81. The van der Waals surface area contributed by atoms with Crippen LogP contribution in [0.5, 0.6) is 0 Å². The van der Waals surface area contributed by atoms with E-state index in [2.05, 4.69) is 31.1 Å². The number of nitrogens with one attached hydrogen (secondary N) is 1. The number of guanidine groups is 1. The van der Waals surface area contributed by atoms with Crippen LogP contribution in [-0.4, -0.2) is 23.4 Å². The molecule has 0 amide bonds. The Balaban J connectivity index is 2.24. The van der Waals surface area contributed by atoms with Crippen LogP contribution in [0.25, 0.3) is 0 Å². The first-order valence-corrected chi connectivity index (χ1v) is 7.19. The number of fused-ring (bicyclic) bond motifs is 1. The Hall–Kier alpha value is -0.870. The summed E-state index contributed by atoms with van der Waals surface area (Å²) < 4.78 is 2.04. The van der Waals surface area contributed by atoms with Crippen LogP contribution in [0.4, 0.5) is 5.69 Å². The lowest BCUT2D eigenvalue weighted by Gasteiger charge is -2.29. The summed E-state index contributed by atoms with van der Waals surface area (Å²) in [5.41, 5.74) is 0.973. The molecule has 1 unspecified atom stereocenters. The van der Waals surface area contributed by atoms with E-state index >= 15 is 0 Å². The topological polar surface area (TPSA) is 27.6 Å². The average Bonchev–Trinajstić information content (AvgIpc) is 2.30. The highest BCUT2D eigenvalue weighted by molar-refractivity contribution is 7.97. The third kappa shape index (κ3) is 2.93. The second kappa shape index (κ2) is 5.41. The van der Waals surface area contributed by atoms with E-state index < -0.39 is 0 Å². The standard InChI is InChI=1S/C13H18ClN3S/c1-8(2)9(3)15-13-16-11-6-5-10(14)7-12(11)18-17(13)4/h5-9H,1-4H3,(H,15,16). The van der Waals surface area contributed by atoms with E-state index in [4.69, 9.17) is 11.6 Å². The molecular formula is C13H18ClN3S. The zero-order valence-electron chi connectivity index (χ0n) is 11.1. The normalized spacial score (nSPS) is 16.3. The summed E-state index contributed by atoms with van der Waals surface area (Å²) in [6.45, 7) is 6.56. The Morgan fingerprint density at radius 1 is 1.33 bits per heavy atom. The maximum atomic E-state index is 5.99. The van der Waals surface area contributed by atoms with Gasteiger partial charge in [-0.2, -0.15) is 0 Å². The molecule has 2 rings (SSSR count). The van der Waals surface area contributed by atoms with E-state index in [9.17, 15) is 0 Å². The molecule has 98 valence electrons. The molecule has 1 aromatic rings. The summed E-state index contributed by atoms with van der Waals surface area (Å²) in [4.78, 5) is 5.73. The summed E-state index contributed by atoms with van der Waals surface area (Å²) in [7, 11) is 2.01. The number of halogens is 1. The van der Waals surface area contributed by atoms with Crippen LogP contribution in [0.15, 0.2) is 28.1 Å². The van der Waals surface area contributed by atoms with Crippen molar-refractivity contribution in [1.82, 2.24) is 9.62 Å². The Morgan fingerprint density at radius 2 is 2.06 bits per heavy atom. The zero-order valence-corrected chi connectivity index (χ0v) is 12.6. The minimum atomic E-state index is 0.389. The van der Waals surface area contributed by atoms with Crippen LogP contribution >= 0.6 is 23.5 Å². The first-order chi connectivity index (χ1) is 8.47. The van der Waals surface area contributed by atoms with E-state index in [0.717, 1.165) is 21.6 Å². The number of hydrogen-bond acceptors (Lipinski definition) is 4. The van der Waals surface area contributed by atoms with Gasteiger partial charge in [0.05, 0.1) is 10.6 Å². The van der Waals surface area contributed by atoms with Gasteiger partial charge in [-0.25, -0.2) is 4.99 Å². The lowest BCUT2D eigenvalue weighted by Crippen LogP contribution is -2.43. The number of benzene rings is 1. The number of hydrogen-bond donors (Lipinski definition) is 1. The van der Waals surface area contributed by atoms with Crippen LogP contribution in [0.3, 0.4) is 0 Å². The van der Waals surface area contributed by atoms with Crippen LogP contribution in [0.1, 0.15) is 20.8 Å². The van der Waals surface area contributed by atoms with Gasteiger partial charge in [0.25, 0.3) is 0 Å². The number of rotatable bonds is 2. The zero-order chi connectivity index (χ0) is 13.3.